The van der Waals surface area contributed by atoms with E-state index in [4.69, 9.17) is 4.74 Å². The van der Waals surface area contributed by atoms with Crippen LogP contribution in [0, 0.1) is 6.92 Å². The largest absolute Gasteiger partial charge is 0.507 e. The number of hydrazone groups is 1. The van der Waals surface area contributed by atoms with Crippen LogP contribution in [0.25, 0.3) is 0 Å². The average Bonchev–Trinajstić information content (AvgIpc) is 2.66. The highest BCUT2D eigenvalue weighted by Crippen LogP contribution is 2.22. The molecule has 0 radical (unpaired) electrons. The first-order valence-electron chi connectivity index (χ1n) is 9.05. The van der Waals surface area contributed by atoms with Gasteiger partial charge in [0, 0.05) is 17.7 Å². The minimum absolute atomic E-state index is 0.000000229. The number of amides is 2. The summed E-state index contributed by atoms with van der Waals surface area (Å²) in [6, 6.07) is 12.1. The summed E-state index contributed by atoms with van der Waals surface area (Å²) in [6.07, 6.45) is 1.16. The van der Waals surface area contributed by atoms with Crippen molar-refractivity contribution in [2.45, 2.75) is 33.6 Å². The van der Waals surface area contributed by atoms with Crippen LogP contribution in [0.15, 0.2) is 47.6 Å². The predicted molar refractivity (Wildman–Crippen MR) is 109 cm³/mol. The fourth-order valence-corrected chi connectivity index (χ4v) is 2.45. The number of phenols is 1. The van der Waals surface area contributed by atoms with Crippen LogP contribution in [0.4, 0.5) is 5.69 Å². The smallest absolute Gasteiger partial charge is 0.277 e. The molecular formula is C21H25N3O4. The molecule has 2 aromatic carbocycles. The molecular weight excluding hydrogens is 358 g/mol. The summed E-state index contributed by atoms with van der Waals surface area (Å²) in [5.41, 5.74) is 4.79. The van der Waals surface area contributed by atoms with E-state index in [1.165, 1.54) is 6.07 Å². The molecule has 7 nitrogen and oxygen atoms in total. The molecule has 0 atom stereocenters. The second-order valence-corrected chi connectivity index (χ2v) is 6.37. The molecule has 2 aromatic rings. The maximum absolute atomic E-state index is 11.9. The summed E-state index contributed by atoms with van der Waals surface area (Å²) in [5, 5.41) is 16.8. The fourth-order valence-electron chi connectivity index (χ4n) is 2.45. The number of ether oxygens (including phenoxy) is 1. The lowest BCUT2D eigenvalue weighted by molar-refractivity contribution is -0.123. The predicted octanol–water partition coefficient (Wildman–Crippen LogP) is 3.36. The normalized spacial score (nSPS) is 11.0. The minimum atomic E-state index is -0.423. The van der Waals surface area contributed by atoms with Gasteiger partial charge in [0.25, 0.3) is 5.91 Å². The van der Waals surface area contributed by atoms with E-state index in [-0.39, 0.29) is 18.3 Å². The Kier molecular flexibility index (Phi) is 7.56. The maximum atomic E-state index is 11.9. The number of nitrogens with one attached hydrogen (secondary N) is 2. The van der Waals surface area contributed by atoms with Gasteiger partial charge in [-0.05, 0) is 56.2 Å². The molecule has 0 aromatic heterocycles. The van der Waals surface area contributed by atoms with Crippen LogP contribution >= 0.6 is 0 Å². The lowest BCUT2D eigenvalue weighted by atomic mass is 10.1. The molecule has 148 valence electrons. The van der Waals surface area contributed by atoms with Crippen molar-refractivity contribution in [1.29, 1.82) is 0 Å². The van der Waals surface area contributed by atoms with Crippen LogP contribution in [0.2, 0.25) is 0 Å². The fraction of sp³-hybridized carbons (Fsp3) is 0.286. The summed E-state index contributed by atoms with van der Waals surface area (Å²) < 4.78 is 5.42. The lowest BCUT2D eigenvalue weighted by Crippen LogP contribution is -2.25. The lowest BCUT2D eigenvalue weighted by Gasteiger charge is -2.10. The van der Waals surface area contributed by atoms with E-state index in [0.29, 0.717) is 29.1 Å². The maximum Gasteiger partial charge on any atom is 0.277 e. The van der Waals surface area contributed by atoms with Crippen molar-refractivity contribution in [1.82, 2.24) is 5.43 Å². The molecule has 0 aliphatic carbocycles. The van der Waals surface area contributed by atoms with E-state index in [1.54, 1.807) is 25.1 Å². The van der Waals surface area contributed by atoms with E-state index < -0.39 is 5.91 Å². The van der Waals surface area contributed by atoms with Crippen LogP contribution in [0.3, 0.4) is 0 Å². The third kappa shape index (κ3) is 6.42. The Morgan fingerprint density at radius 2 is 1.93 bits per heavy atom. The number of anilines is 1. The number of benzene rings is 2. The number of aryl methyl sites for hydroxylation is 1. The van der Waals surface area contributed by atoms with Crippen molar-refractivity contribution >= 4 is 23.2 Å². The summed E-state index contributed by atoms with van der Waals surface area (Å²) in [5.74, 6) is 0.0760. The van der Waals surface area contributed by atoms with E-state index in [0.717, 1.165) is 12.0 Å². The van der Waals surface area contributed by atoms with Gasteiger partial charge in [0.15, 0.2) is 6.61 Å². The molecule has 28 heavy (non-hydrogen) atoms. The van der Waals surface area contributed by atoms with Gasteiger partial charge in [-0.1, -0.05) is 19.1 Å². The highest BCUT2D eigenvalue weighted by molar-refractivity contribution is 6.03. The van der Waals surface area contributed by atoms with E-state index in [1.807, 2.05) is 32.0 Å². The molecule has 2 amide bonds. The van der Waals surface area contributed by atoms with Gasteiger partial charge < -0.3 is 15.2 Å². The molecule has 0 bridgehead atoms. The monoisotopic (exact) mass is 383 g/mol. The molecule has 0 aliphatic rings. The molecule has 0 aliphatic heterocycles. The molecule has 0 fully saturated rings. The number of aromatic hydroxyl groups is 1. The Morgan fingerprint density at radius 3 is 2.64 bits per heavy atom. The van der Waals surface area contributed by atoms with Gasteiger partial charge in [-0.15, -0.1) is 0 Å². The van der Waals surface area contributed by atoms with Crippen LogP contribution in [0.1, 0.15) is 37.8 Å². The quantitative estimate of drug-likeness (QED) is 0.370. The van der Waals surface area contributed by atoms with Crippen molar-refractivity contribution in [2.24, 2.45) is 5.10 Å². The first-order valence-corrected chi connectivity index (χ1v) is 9.05. The zero-order valence-corrected chi connectivity index (χ0v) is 16.3. The van der Waals surface area contributed by atoms with Crippen LogP contribution in [-0.2, 0) is 9.59 Å². The van der Waals surface area contributed by atoms with Crippen LogP contribution in [0.5, 0.6) is 11.5 Å². The van der Waals surface area contributed by atoms with Crippen molar-refractivity contribution in [3.63, 3.8) is 0 Å². The minimum Gasteiger partial charge on any atom is -0.507 e. The van der Waals surface area contributed by atoms with Crippen LogP contribution < -0.4 is 15.5 Å². The number of phenolic OH excluding ortho intramolecular Hbond substituents is 1. The highest BCUT2D eigenvalue weighted by atomic mass is 16.5. The third-order valence-corrected chi connectivity index (χ3v) is 3.85. The Bertz CT molecular complexity index is 878. The Morgan fingerprint density at radius 1 is 1.14 bits per heavy atom. The van der Waals surface area contributed by atoms with E-state index in [2.05, 4.69) is 15.8 Å². The third-order valence-electron chi connectivity index (χ3n) is 3.85. The van der Waals surface area contributed by atoms with E-state index in [9.17, 15) is 14.7 Å². The van der Waals surface area contributed by atoms with Crippen molar-refractivity contribution in [3.05, 3.63) is 53.6 Å². The van der Waals surface area contributed by atoms with Crippen LogP contribution in [-0.4, -0.2) is 29.2 Å². The molecule has 0 heterocycles. The summed E-state index contributed by atoms with van der Waals surface area (Å²) in [6.45, 7) is 5.32. The average molecular weight is 383 g/mol. The summed E-state index contributed by atoms with van der Waals surface area (Å²) in [4.78, 5) is 23.7. The Balaban J connectivity index is 1.97. The topological polar surface area (TPSA) is 100 Å². The molecule has 7 heteroatoms. The molecule has 0 spiro atoms. The second kappa shape index (κ2) is 10.1. The number of rotatable bonds is 8. The molecule has 2 rings (SSSR count). The number of hydrogen-bond donors (Lipinski definition) is 3. The standard InChI is InChI=1S/C21H25N3O4/c1-4-6-20(26)22-16-9-10-19(25)18(12-16)15(3)23-24-21(27)13-28-17-8-5-7-14(2)11-17/h5,7-12,25H,4,6,13H2,1-3H3,(H,22,26)(H,24,27)/b23-15+. The first kappa shape index (κ1) is 21.0. The second-order valence-electron chi connectivity index (χ2n) is 6.37. The van der Waals surface area contributed by atoms with Gasteiger partial charge in [0.2, 0.25) is 5.91 Å². The van der Waals surface area contributed by atoms with Gasteiger partial charge in [0.1, 0.15) is 11.5 Å². The summed E-state index contributed by atoms with van der Waals surface area (Å²) >= 11 is 0. The van der Waals surface area contributed by atoms with Gasteiger partial charge in [-0.3, -0.25) is 9.59 Å². The van der Waals surface area contributed by atoms with Crippen molar-refractivity contribution < 1.29 is 19.4 Å². The number of nitrogens with zero attached hydrogens (tertiary/aromatic N) is 1. The molecule has 0 saturated heterocycles. The zero-order valence-electron chi connectivity index (χ0n) is 16.3. The molecule has 3 N–H and O–H groups in total. The number of carbonyl (C=O) groups is 2. The SMILES string of the molecule is CCCC(=O)Nc1ccc(O)c(/C(C)=N/NC(=O)COc2cccc(C)c2)c1. The Labute approximate surface area is 164 Å². The first-order chi connectivity index (χ1) is 13.4. The van der Waals surface area contributed by atoms with Gasteiger partial charge in [-0.25, -0.2) is 5.43 Å². The van der Waals surface area contributed by atoms with Gasteiger partial charge in [0.05, 0.1) is 5.71 Å². The van der Waals surface area contributed by atoms with Crippen molar-refractivity contribution in [3.8, 4) is 11.5 Å². The Hall–Kier alpha value is -3.35. The zero-order chi connectivity index (χ0) is 20.5. The van der Waals surface area contributed by atoms with Gasteiger partial charge in [-0.2, -0.15) is 5.10 Å². The number of carbonyl (C=O) groups excluding carboxylic acids is 2. The number of hydrogen-bond acceptors (Lipinski definition) is 5. The van der Waals surface area contributed by atoms with Gasteiger partial charge >= 0.3 is 0 Å². The van der Waals surface area contributed by atoms with Crippen molar-refractivity contribution in [2.75, 3.05) is 11.9 Å². The molecule has 0 unspecified atom stereocenters. The van der Waals surface area contributed by atoms with E-state index >= 15 is 0 Å². The summed E-state index contributed by atoms with van der Waals surface area (Å²) in [7, 11) is 0. The molecule has 0 saturated carbocycles. The highest BCUT2D eigenvalue weighted by Gasteiger charge is 2.09.